The first-order chi connectivity index (χ1) is 11.9. The Labute approximate surface area is 150 Å². The zero-order valence-corrected chi connectivity index (χ0v) is 14.1. The second-order valence-corrected chi connectivity index (χ2v) is 6.48. The highest BCUT2D eigenvalue weighted by molar-refractivity contribution is 6.31. The Balaban J connectivity index is 1.80. The molecule has 0 amide bonds. The third-order valence-corrected chi connectivity index (χ3v) is 4.96. The minimum Gasteiger partial charge on any atom is -0.385 e. The molecule has 7 heteroatoms. The van der Waals surface area contributed by atoms with E-state index in [9.17, 15) is 15.2 Å². The monoisotopic (exact) mass is 357 g/mol. The molecule has 1 aliphatic rings. The first-order valence-corrected chi connectivity index (χ1v) is 8.23. The Bertz CT molecular complexity index is 855. The van der Waals surface area contributed by atoms with E-state index in [0.29, 0.717) is 31.0 Å². The molecule has 2 aromatic carbocycles. The van der Waals surface area contributed by atoms with Crippen LogP contribution < -0.4 is 4.90 Å². The number of nitriles is 1. The Morgan fingerprint density at radius 1 is 1.24 bits per heavy atom. The van der Waals surface area contributed by atoms with Crippen LogP contribution in [0.3, 0.4) is 0 Å². The van der Waals surface area contributed by atoms with Gasteiger partial charge >= 0.3 is 0 Å². The molecule has 0 unspecified atom stereocenters. The average molecular weight is 358 g/mol. The number of hydrogen-bond donors (Lipinski definition) is 1. The van der Waals surface area contributed by atoms with Crippen LogP contribution in [-0.4, -0.2) is 23.1 Å². The fourth-order valence-corrected chi connectivity index (χ4v) is 3.52. The number of rotatable bonds is 3. The highest BCUT2D eigenvalue weighted by Crippen LogP contribution is 2.38. The topological polar surface area (TPSA) is 90.4 Å². The standard InChI is InChI=1S/C18H16ClN3O3/c19-16-4-2-1-3-15(16)18(23)7-9-21(10-8-18)14-5-6-17(22(24)25)13(11-14)12-20/h1-6,11,23H,7-10H2. The molecule has 0 atom stereocenters. The van der Waals surface area contributed by atoms with Crippen molar-refractivity contribution in [2.75, 3.05) is 18.0 Å². The minimum absolute atomic E-state index is 0.0365. The molecule has 3 rings (SSSR count). The SMILES string of the molecule is N#Cc1cc(N2CCC(O)(c3ccccc3Cl)CC2)ccc1[N+](=O)[O-]. The molecule has 25 heavy (non-hydrogen) atoms. The summed E-state index contributed by atoms with van der Waals surface area (Å²) in [4.78, 5) is 12.4. The number of piperidine rings is 1. The van der Waals surface area contributed by atoms with Gasteiger partial charge in [-0.3, -0.25) is 10.1 Å². The quantitative estimate of drug-likeness (QED) is 0.669. The minimum atomic E-state index is -0.992. The highest BCUT2D eigenvalue weighted by atomic mass is 35.5. The zero-order chi connectivity index (χ0) is 18.0. The first kappa shape index (κ1) is 17.2. The Morgan fingerprint density at radius 2 is 1.92 bits per heavy atom. The molecule has 0 spiro atoms. The maximum absolute atomic E-state index is 11.0. The van der Waals surface area contributed by atoms with Crippen molar-refractivity contribution < 1.29 is 10.0 Å². The van der Waals surface area contributed by atoms with Gasteiger partial charge in [-0.05, 0) is 31.0 Å². The van der Waals surface area contributed by atoms with E-state index in [1.54, 1.807) is 12.1 Å². The predicted octanol–water partition coefficient (Wildman–Crippen LogP) is 3.61. The van der Waals surface area contributed by atoms with Crippen LogP contribution in [0.25, 0.3) is 0 Å². The van der Waals surface area contributed by atoms with Gasteiger partial charge in [0, 0.05) is 35.4 Å². The number of hydrogen-bond acceptors (Lipinski definition) is 5. The number of benzene rings is 2. The molecule has 6 nitrogen and oxygen atoms in total. The molecule has 0 aromatic heterocycles. The number of nitrogens with zero attached hydrogens (tertiary/aromatic N) is 3. The summed E-state index contributed by atoms with van der Waals surface area (Å²) in [6.45, 7) is 1.12. The van der Waals surface area contributed by atoms with Crippen molar-refractivity contribution >= 4 is 23.0 Å². The van der Waals surface area contributed by atoms with Crippen LogP contribution in [-0.2, 0) is 5.60 Å². The molecule has 1 N–H and O–H groups in total. The summed E-state index contributed by atoms with van der Waals surface area (Å²) in [7, 11) is 0. The molecule has 1 fully saturated rings. The molecule has 0 saturated carbocycles. The van der Waals surface area contributed by atoms with Crippen LogP contribution >= 0.6 is 11.6 Å². The van der Waals surface area contributed by atoms with Crippen molar-refractivity contribution in [1.29, 1.82) is 5.26 Å². The van der Waals surface area contributed by atoms with E-state index < -0.39 is 10.5 Å². The second kappa shape index (κ2) is 6.71. The molecule has 1 heterocycles. The molecule has 0 aliphatic carbocycles. The summed E-state index contributed by atoms with van der Waals surface area (Å²) < 4.78 is 0. The fourth-order valence-electron chi connectivity index (χ4n) is 3.21. The van der Waals surface area contributed by atoms with E-state index in [4.69, 9.17) is 16.9 Å². The Morgan fingerprint density at radius 3 is 2.52 bits per heavy atom. The lowest BCUT2D eigenvalue weighted by Gasteiger charge is -2.40. The van der Waals surface area contributed by atoms with E-state index in [1.165, 1.54) is 12.1 Å². The Kier molecular flexibility index (Phi) is 4.62. The molecule has 2 aromatic rings. The maximum Gasteiger partial charge on any atom is 0.287 e. The van der Waals surface area contributed by atoms with Crippen molar-refractivity contribution in [3.05, 3.63) is 68.7 Å². The van der Waals surface area contributed by atoms with Crippen LogP contribution in [0.15, 0.2) is 42.5 Å². The summed E-state index contributed by atoms with van der Waals surface area (Å²) >= 11 is 6.21. The van der Waals surface area contributed by atoms with Crippen LogP contribution in [0.1, 0.15) is 24.0 Å². The lowest BCUT2D eigenvalue weighted by atomic mass is 9.84. The van der Waals surface area contributed by atoms with Crippen molar-refractivity contribution in [3.63, 3.8) is 0 Å². The van der Waals surface area contributed by atoms with E-state index in [2.05, 4.69) is 0 Å². The van der Waals surface area contributed by atoms with Crippen molar-refractivity contribution in [2.45, 2.75) is 18.4 Å². The lowest BCUT2D eigenvalue weighted by Crippen LogP contribution is -2.42. The van der Waals surface area contributed by atoms with E-state index in [-0.39, 0.29) is 11.3 Å². The van der Waals surface area contributed by atoms with Gasteiger partial charge < -0.3 is 10.0 Å². The van der Waals surface area contributed by atoms with E-state index in [0.717, 1.165) is 11.3 Å². The molecule has 0 bridgehead atoms. The number of anilines is 1. The van der Waals surface area contributed by atoms with Gasteiger partial charge in [0.15, 0.2) is 0 Å². The summed E-state index contributed by atoms with van der Waals surface area (Å²) in [6.07, 6.45) is 0.964. The number of aliphatic hydroxyl groups is 1. The lowest BCUT2D eigenvalue weighted by molar-refractivity contribution is -0.385. The number of nitro groups is 1. The van der Waals surface area contributed by atoms with Crippen molar-refractivity contribution in [3.8, 4) is 6.07 Å². The van der Waals surface area contributed by atoms with Crippen LogP contribution in [0, 0.1) is 21.4 Å². The van der Waals surface area contributed by atoms with Gasteiger partial charge in [0.1, 0.15) is 11.6 Å². The van der Waals surface area contributed by atoms with Crippen molar-refractivity contribution in [2.24, 2.45) is 0 Å². The molecule has 128 valence electrons. The third kappa shape index (κ3) is 3.29. The van der Waals surface area contributed by atoms with Gasteiger partial charge in [-0.2, -0.15) is 5.26 Å². The first-order valence-electron chi connectivity index (χ1n) is 7.85. The van der Waals surface area contributed by atoms with Crippen LogP contribution in [0.5, 0.6) is 0 Å². The zero-order valence-electron chi connectivity index (χ0n) is 13.4. The molecular weight excluding hydrogens is 342 g/mol. The van der Waals surface area contributed by atoms with Gasteiger partial charge in [0.25, 0.3) is 5.69 Å². The summed E-state index contributed by atoms with van der Waals surface area (Å²) in [6, 6.07) is 13.6. The van der Waals surface area contributed by atoms with Crippen LogP contribution in [0.4, 0.5) is 11.4 Å². The normalized spacial score (nSPS) is 16.3. The fraction of sp³-hybridized carbons (Fsp3) is 0.278. The van der Waals surface area contributed by atoms with Gasteiger partial charge in [-0.15, -0.1) is 0 Å². The van der Waals surface area contributed by atoms with Gasteiger partial charge in [-0.25, -0.2) is 0 Å². The van der Waals surface area contributed by atoms with Crippen molar-refractivity contribution in [1.82, 2.24) is 0 Å². The second-order valence-electron chi connectivity index (χ2n) is 6.07. The van der Waals surface area contributed by atoms with E-state index in [1.807, 2.05) is 29.2 Å². The van der Waals surface area contributed by atoms with Gasteiger partial charge in [-0.1, -0.05) is 29.8 Å². The van der Waals surface area contributed by atoms with Gasteiger partial charge in [0.05, 0.1) is 10.5 Å². The third-order valence-electron chi connectivity index (χ3n) is 4.63. The highest BCUT2D eigenvalue weighted by Gasteiger charge is 2.35. The summed E-state index contributed by atoms with van der Waals surface area (Å²) in [5.41, 5.74) is 0.305. The largest absolute Gasteiger partial charge is 0.385 e. The molecule has 1 saturated heterocycles. The predicted molar refractivity (Wildman–Crippen MR) is 94.6 cm³/mol. The van der Waals surface area contributed by atoms with E-state index >= 15 is 0 Å². The molecular formula is C18H16ClN3O3. The number of halogens is 1. The average Bonchev–Trinajstić information content (AvgIpc) is 2.62. The Hall–Kier alpha value is -2.62. The summed E-state index contributed by atoms with van der Waals surface area (Å²) in [5.74, 6) is 0. The molecule has 0 radical (unpaired) electrons. The van der Waals surface area contributed by atoms with Crippen LogP contribution in [0.2, 0.25) is 5.02 Å². The smallest absolute Gasteiger partial charge is 0.287 e. The number of nitro benzene ring substituents is 1. The van der Waals surface area contributed by atoms with Gasteiger partial charge in [0.2, 0.25) is 0 Å². The maximum atomic E-state index is 11.0. The summed E-state index contributed by atoms with van der Waals surface area (Å²) in [5, 5.41) is 31.6. The molecule has 1 aliphatic heterocycles.